The SMILES string of the molecule is CC1OCCC1(O)CNC(c1ccc(F)cc1)C1CC1. The minimum Gasteiger partial charge on any atom is -0.386 e. The summed E-state index contributed by atoms with van der Waals surface area (Å²) in [5.74, 6) is 0.390. The van der Waals surface area contributed by atoms with E-state index < -0.39 is 5.60 Å². The van der Waals surface area contributed by atoms with E-state index in [1.165, 1.54) is 25.0 Å². The highest BCUT2D eigenvalue weighted by Crippen LogP contribution is 2.41. The van der Waals surface area contributed by atoms with E-state index in [0.29, 0.717) is 25.5 Å². The van der Waals surface area contributed by atoms with Crippen molar-refractivity contribution in [2.24, 2.45) is 5.92 Å². The Kier molecular flexibility index (Phi) is 3.80. The van der Waals surface area contributed by atoms with E-state index >= 15 is 0 Å². The van der Waals surface area contributed by atoms with Crippen LogP contribution >= 0.6 is 0 Å². The molecule has 4 heteroatoms. The Bertz CT molecular complexity index is 460. The van der Waals surface area contributed by atoms with Gasteiger partial charge < -0.3 is 15.2 Å². The summed E-state index contributed by atoms with van der Waals surface area (Å²) in [6.45, 7) is 3.05. The van der Waals surface area contributed by atoms with Gasteiger partial charge in [0.2, 0.25) is 0 Å². The molecule has 1 saturated carbocycles. The molecule has 3 atom stereocenters. The fraction of sp³-hybridized carbons (Fsp3) is 0.625. The van der Waals surface area contributed by atoms with Crippen LogP contribution in [0.15, 0.2) is 24.3 Å². The molecule has 110 valence electrons. The van der Waals surface area contributed by atoms with Crippen molar-refractivity contribution >= 4 is 0 Å². The maximum absolute atomic E-state index is 13.0. The van der Waals surface area contributed by atoms with E-state index in [2.05, 4.69) is 5.32 Å². The third-order valence-corrected chi connectivity index (χ3v) is 4.61. The van der Waals surface area contributed by atoms with Crippen molar-refractivity contribution in [3.05, 3.63) is 35.6 Å². The van der Waals surface area contributed by atoms with Crippen LogP contribution in [0.1, 0.15) is 37.8 Å². The van der Waals surface area contributed by atoms with Gasteiger partial charge in [-0.1, -0.05) is 12.1 Å². The average Bonchev–Trinajstić information content (AvgIpc) is 3.20. The first-order valence-electron chi connectivity index (χ1n) is 7.41. The maximum atomic E-state index is 13.0. The standard InChI is InChI=1S/C16H22FNO2/c1-11-16(19,8-9-20-11)10-18-15(12-2-3-12)13-4-6-14(17)7-5-13/h4-7,11-12,15,18-19H,2-3,8-10H2,1H3. The number of hydrogen-bond donors (Lipinski definition) is 2. The smallest absolute Gasteiger partial charge is 0.123 e. The van der Waals surface area contributed by atoms with Crippen LogP contribution in [0.3, 0.4) is 0 Å². The third-order valence-electron chi connectivity index (χ3n) is 4.61. The third kappa shape index (κ3) is 2.87. The number of rotatable bonds is 5. The van der Waals surface area contributed by atoms with Gasteiger partial charge in [-0.25, -0.2) is 4.39 Å². The maximum Gasteiger partial charge on any atom is 0.123 e. The number of aliphatic hydroxyl groups is 1. The Morgan fingerprint density at radius 2 is 2.10 bits per heavy atom. The van der Waals surface area contributed by atoms with Crippen molar-refractivity contribution < 1.29 is 14.2 Å². The van der Waals surface area contributed by atoms with Gasteiger partial charge in [0.25, 0.3) is 0 Å². The fourth-order valence-electron chi connectivity index (χ4n) is 2.95. The van der Waals surface area contributed by atoms with E-state index in [4.69, 9.17) is 4.74 Å². The van der Waals surface area contributed by atoms with Crippen LogP contribution < -0.4 is 5.32 Å². The highest BCUT2D eigenvalue weighted by atomic mass is 19.1. The lowest BCUT2D eigenvalue weighted by Gasteiger charge is -2.29. The Labute approximate surface area is 119 Å². The lowest BCUT2D eigenvalue weighted by atomic mass is 9.94. The molecular weight excluding hydrogens is 257 g/mol. The van der Waals surface area contributed by atoms with Crippen LogP contribution in [0, 0.1) is 11.7 Å². The summed E-state index contributed by atoms with van der Waals surface area (Å²) in [7, 11) is 0. The van der Waals surface area contributed by atoms with Crippen molar-refractivity contribution in [1.29, 1.82) is 0 Å². The number of ether oxygens (including phenoxy) is 1. The van der Waals surface area contributed by atoms with Gasteiger partial charge in [-0.3, -0.25) is 0 Å². The van der Waals surface area contributed by atoms with Crippen LogP contribution in [-0.4, -0.2) is 30.0 Å². The normalized spacial score (nSPS) is 31.4. The Morgan fingerprint density at radius 3 is 2.65 bits per heavy atom. The number of halogens is 1. The summed E-state index contributed by atoms with van der Waals surface area (Å²) < 4.78 is 18.5. The largest absolute Gasteiger partial charge is 0.386 e. The summed E-state index contributed by atoms with van der Waals surface area (Å²) in [5.41, 5.74) is 0.316. The molecule has 1 aromatic rings. The second kappa shape index (κ2) is 5.43. The van der Waals surface area contributed by atoms with Crippen molar-refractivity contribution in [1.82, 2.24) is 5.32 Å². The summed E-state index contributed by atoms with van der Waals surface area (Å²) in [4.78, 5) is 0. The molecule has 1 aliphatic heterocycles. The molecule has 0 amide bonds. The predicted molar refractivity (Wildman–Crippen MR) is 74.8 cm³/mol. The van der Waals surface area contributed by atoms with Gasteiger partial charge in [-0.15, -0.1) is 0 Å². The summed E-state index contributed by atoms with van der Waals surface area (Å²) in [6.07, 6.45) is 2.92. The molecule has 2 aliphatic rings. The molecule has 0 aromatic heterocycles. The second-order valence-electron chi connectivity index (χ2n) is 6.11. The lowest BCUT2D eigenvalue weighted by Crippen LogP contribution is -2.47. The van der Waals surface area contributed by atoms with Crippen LogP contribution in [0.2, 0.25) is 0 Å². The minimum absolute atomic E-state index is 0.136. The molecular formula is C16H22FNO2. The zero-order valence-corrected chi connectivity index (χ0v) is 11.8. The molecule has 2 fully saturated rings. The molecule has 0 spiro atoms. The predicted octanol–water partition coefficient (Wildman–Crippen LogP) is 2.41. The lowest BCUT2D eigenvalue weighted by molar-refractivity contribution is -0.0281. The van der Waals surface area contributed by atoms with Crippen molar-refractivity contribution in [3.63, 3.8) is 0 Å². The fourth-order valence-corrected chi connectivity index (χ4v) is 2.95. The second-order valence-corrected chi connectivity index (χ2v) is 6.11. The Balaban J connectivity index is 1.67. The first kappa shape index (κ1) is 14.0. The van der Waals surface area contributed by atoms with Crippen molar-refractivity contribution in [3.8, 4) is 0 Å². The topological polar surface area (TPSA) is 41.5 Å². The molecule has 0 radical (unpaired) electrons. The first-order chi connectivity index (χ1) is 9.58. The first-order valence-corrected chi connectivity index (χ1v) is 7.41. The quantitative estimate of drug-likeness (QED) is 0.869. The van der Waals surface area contributed by atoms with Gasteiger partial charge >= 0.3 is 0 Å². The molecule has 1 aromatic carbocycles. The van der Waals surface area contributed by atoms with E-state index in [1.54, 1.807) is 0 Å². The van der Waals surface area contributed by atoms with Gasteiger partial charge in [-0.2, -0.15) is 0 Å². The molecule has 2 N–H and O–H groups in total. The van der Waals surface area contributed by atoms with Crippen molar-refractivity contribution in [2.45, 2.75) is 43.9 Å². The molecule has 3 nitrogen and oxygen atoms in total. The number of hydrogen-bond acceptors (Lipinski definition) is 3. The average molecular weight is 279 g/mol. The minimum atomic E-state index is -0.785. The highest BCUT2D eigenvalue weighted by Gasteiger charge is 2.41. The zero-order chi connectivity index (χ0) is 14.2. The van der Waals surface area contributed by atoms with Crippen LogP contribution in [0.4, 0.5) is 4.39 Å². The van der Waals surface area contributed by atoms with Crippen LogP contribution in [0.5, 0.6) is 0 Å². The van der Waals surface area contributed by atoms with E-state index in [-0.39, 0.29) is 18.0 Å². The van der Waals surface area contributed by atoms with Gasteiger partial charge in [0.05, 0.1) is 6.10 Å². The molecule has 3 rings (SSSR count). The van der Waals surface area contributed by atoms with Gasteiger partial charge in [-0.05, 0) is 43.4 Å². The van der Waals surface area contributed by atoms with Gasteiger partial charge in [0.15, 0.2) is 0 Å². The summed E-state index contributed by atoms with van der Waals surface area (Å²) >= 11 is 0. The van der Waals surface area contributed by atoms with E-state index in [1.807, 2.05) is 19.1 Å². The molecule has 20 heavy (non-hydrogen) atoms. The molecule has 3 unspecified atom stereocenters. The van der Waals surface area contributed by atoms with E-state index in [0.717, 1.165) is 5.56 Å². The van der Waals surface area contributed by atoms with Crippen LogP contribution in [-0.2, 0) is 4.74 Å². The van der Waals surface area contributed by atoms with Gasteiger partial charge in [0, 0.05) is 25.6 Å². The van der Waals surface area contributed by atoms with Gasteiger partial charge in [0.1, 0.15) is 11.4 Å². The number of nitrogens with one attached hydrogen (secondary N) is 1. The highest BCUT2D eigenvalue weighted by molar-refractivity contribution is 5.22. The zero-order valence-electron chi connectivity index (χ0n) is 11.8. The molecule has 1 saturated heterocycles. The number of benzene rings is 1. The monoisotopic (exact) mass is 279 g/mol. The summed E-state index contributed by atoms with van der Waals surface area (Å²) in [5, 5.41) is 14.0. The molecule has 0 bridgehead atoms. The van der Waals surface area contributed by atoms with Crippen molar-refractivity contribution in [2.75, 3.05) is 13.2 Å². The van der Waals surface area contributed by atoms with E-state index in [9.17, 15) is 9.50 Å². The summed E-state index contributed by atoms with van der Waals surface area (Å²) in [6, 6.07) is 6.88. The molecule has 1 aliphatic carbocycles. The Hall–Kier alpha value is -0.970. The Morgan fingerprint density at radius 1 is 1.40 bits per heavy atom. The van der Waals surface area contributed by atoms with Crippen LogP contribution in [0.25, 0.3) is 0 Å². The molecule has 1 heterocycles.